The van der Waals surface area contributed by atoms with Crippen LogP contribution in [0, 0.1) is 34.6 Å². The summed E-state index contributed by atoms with van der Waals surface area (Å²) in [4.78, 5) is 12.6. The molecule has 0 saturated carbocycles. The molecule has 6 nitrogen and oxygen atoms in total. The van der Waals surface area contributed by atoms with E-state index in [1.807, 2.05) is 40.7 Å². The minimum absolute atomic E-state index is 0.0317. The number of phenols is 1. The standard InChI is InChI=1S/C23H30N2O4S/c1-13-14(2)16(4)23(17(5)15(13)3)30(28,29)24-10-9-22(27)25-19-11-18-7-6-8-21(26)20(18)12-19/h6-8,19,24,26H,9-12H2,1-5H3,(H,25,27)/t19-/m1/s1. The molecule has 0 radical (unpaired) electrons. The van der Waals surface area contributed by atoms with Gasteiger partial charge in [0, 0.05) is 19.0 Å². The molecular formula is C23H30N2O4S. The van der Waals surface area contributed by atoms with Crippen molar-refractivity contribution < 1.29 is 18.3 Å². The third-order valence-corrected chi connectivity index (χ3v) is 8.11. The molecule has 162 valence electrons. The fourth-order valence-corrected chi connectivity index (χ4v) is 5.90. The Hall–Kier alpha value is -2.38. The van der Waals surface area contributed by atoms with Crippen LogP contribution in [0.2, 0.25) is 0 Å². The number of carbonyl (C=O) groups is 1. The third kappa shape index (κ3) is 4.23. The van der Waals surface area contributed by atoms with Gasteiger partial charge in [-0.1, -0.05) is 12.1 Å². The molecule has 3 N–H and O–H groups in total. The highest BCUT2D eigenvalue weighted by Crippen LogP contribution is 2.30. The van der Waals surface area contributed by atoms with Crippen LogP contribution in [0.25, 0.3) is 0 Å². The maximum Gasteiger partial charge on any atom is 0.241 e. The lowest BCUT2D eigenvalue weighted by molar-refractivity contribution is -0.121. The largest absolute Gasteiger partial charge is 0.508 e. The number of hydrogen-bond donors (Lipinski definition) is 3. The van der Waals surface area contributed by atoms with Crippen LogP contribution in [0.4, 0.5) is 0 Å². The Morgan fingerprint density at radius 1 is 1.00 bits per heavy atom. The number of hydrogen-bond acceptors (Lipinski definition) is 4. The Bertz CT molecular complexity index is 1080. The van der Waals surface area contributed by atoms with E-state index in [1.165, 1.54) is 0 Å². The zero-order valence-electron chi connectivity index (χ0n) is 18.2. The molecule has 1 amide bonds. The van der Waals surface area contributed by atoms with Gasteiger partial charge in [0.2, 0.25) is 15.9 Å². The van der Waals surface area contributed by atoms with Gasteiger partial charge in [-0.25, -0.2) is 13.1 Å². The van der Waals surface area contributed by atoms with Crippen LogP contribution in [-0.2, 0) is 27.7 Å². The van der Waals surface area contributed by atoms with Gasteiger partial charge in [-0.2, -0.15) is 0 Å². The molecule has 1 atom stereocenters. The molecular weight excluding hydrogens is 400 g/mol. The molecule has 0 fully saturated rings. The highest BCUT2D eigenvalue weighted by molar-refractivity contribution is 7.89. The molecule has 0 heterocycles. The van der Waals surface area contributed by atoms with E-state index < -0.39 is 10.0 Å². The molecule has 0 unspecified atom stereocenters. The normalized spacial score (nSPS) is 15.8. The third-order valence-electron chi connectivity index (χ3n) is 6.37. The van der Waals surface area contributed by atoms with E-state index in [1.54, 1.807) is 12.1 Å². The van der Waals surface area contributed by atoms with E-state index in [0.29, 0.717) is 17.7 Å². The van der Waals surface area contributed by atoms with Crippen LogP contribution in [-0.4, -0.2) is 32.0 Å². The minimum Gasteiger partial charge on any atom is -0.508 e. The summed E-state index contributed by atoms with van der Waals surface area (Å²) in [5.74, 6) is 0.0474. The number of amides is 1. The van der Waals surface area contributed by atoms with Crippen molar-refractivity contribution in [3.63, 3.8) is 0 Å². The van der Waals surface area contributed by atoms with E-state index in [9.17, 15) is 18.3 Å². The van der Waals surface area contributed by atoms with Crippen molar-refractivity contribution in [2.24, 2.45) is 0 Å². The highest BCUT2D eigenvalue weighted by Gasteiger charge is 2.26. The summed E-state index contributed by atoms with van der Waals surface area (Å²) in [7, 11) is -3.72. The minimum atomic E-state index is -3.72. The van der Waals surface area contributed by atoms with Gasteiger partial charge in [0.1, 0.15) is 5.75 Å². The summed E-state index contributed by atoms with van der Waals surface area (Å²) in [5.41, 5.74) is 6.45. The first-order valence-corrected chi connectivity index (χ1v) is 11.7. The van der Waals surface area contributed by atoms with E-state index in [0.717, 1.165) is 38.9 Å². The Morgan fingerprint density at radius 2 is 1.60 bits per heavy atom. The van der Waals surface area contributed by atoms with E-state index in [-0.39, 0.29) is 30.7 Å². The summed E-state index contributed by atoms with van der Waals surface area (Å²) in [6, 6.07) is 5.32. The first-order valence-electron chi connectivity index (χ1n) is 10.2. The van der Waals surface area contributed by atoms with E-state index in [2.05, 4.69) is 10.0 Å². The number of carbonyl (C=O) groups excluding carboxylic acids is 1. The van der Waals surface area contributed by atoms with Crippen molar-refractivity contribution >= 4 is 15.9 Å². The van der Waals surface area contributed by atoms with E-state index >= 15 is 0 Å². The fraction of sp³-hybridized carbons (Fsp3) is 0.435. The van der Waals surface area contributed by atoms with Gasteiger partial charge >= 0.3 is 0 Å². The molecule has 1 aliphatic rings. The Morgan fingerprint density at radius 3 is 2.20 bits per heavy atom. The zero-order valence-corrected chi connectivity index (χ0v) is 19.0. The van der Waals surface area contributed by atoms with Gasteiger partial charge in [-0.3, -0.25) is 4.79 Å². The lowest BCUT2D eigenvalue weighted by Crippen LogP contribution is -2.37. The molecule has 0 aromatic heterocycles. The van der Waals surface area contributed by atoms with Crippen molar-refractivity contribution in [1.29, 1.82) is 0 Å². The van der Waals surface area contributed by atoms with Crippen molar-refractivity contribution in [1.82, 2.24) is 10.0 Å². The number of rotatable bonds is 6. The number of aromatic hydroxyl groups is 1. The number of phenolic OH excluding ortho intramolecular Hbond substituents is 1. The summed E-state index contributed by atoms with van der Waals surface area (Å²) in [6.07, 6.45) is 1.31. The number of nitrogens with one attached hydrogen (secondary N) is 2. The van der Waals surface area contributed by atoms with Gasteiger partial charge in [0.05, 0.1) is 4.90 Å². The summed E-state index contributed by atoms with van der Waals surface area (Å²) in [5, 5.41) is 12.9. The lowest BCUT2D eigenvalue weighted by Gasteiger charge is -2.19. The Labute approximate surface area is 178 Å². The SMILES string of the molecule is Cc1c(C)c(C)c(S(=O)(=O)NCCC(=O)N[C@@H]2Cc3cccc(O)c3C2)c(C)c1C. The topological polar surface area (TPSA) is 95.5 Å². The van der Waals surface area contributed by atoms with Crippen LogP contribution < -0.4 is 10.0 Å². The fourth-order valence-electron chi connectivity index (χ4n) is 4.27. The molecule has 0 saturated heterocycles. The van der Waals surface area contributed by atoms with Crippen LogP contribution in [0.15, 0.2) is 23.1 Å². The average molecular weight is 431 g/mol. The van der Waals surface area contributed by atoms with Crippen molar-refractivity contribution in [3.8, 4) is 5.75 Å². The predicted molar refractivity (Wildman–Crippen MR) is 117 cm³/mol. The number of sulfonamides is 1. The zero-order chi connectivity index (χ0) is 22.2. The molecule has 0 spiro atoms. The average Bonchev–Trinajstić information content (AvgIpc) is 3.08. The van der Waals surface area contributed by atoms with Crippen molar-refractivity contribution in [2.75, 3.05) is 6.54 Å². The van der Waals surface area contributed by atoms with Crippen molar-refractivity contribution in [3.05, 3.63) is 57.1 Å². The van der Waals surface area contributed by atoms with Gasteiger partial charge in [-0.05, 0) is 92.5 Å². The van der Waals surface area contributed by atoms with Crippen LogP contribution in [0.3, 0.4) is 0 Å². The maximum atomic E-state index is 12.9. The number of fused-ring (bicyclic) bond motifs is 1. The Kier molecular flexibility index (Phi) is 6.24. The first kappa shape index (κ1) is 22.3. The van der Waals surface area contributed by atoms with Gasteiger partial charge in [0.15, 0.2) is 0 Å². The molecule has 3 rings (SSSR count). The molecule has 7 heteroatoms. The number of benzene rings is 2. The molecule has 0 bridgehead atoms. The van der Waals surface area contributed by atoms with Gasteiger partial charge in [0.25, 0.3) is 0 Å². The lowest BCUT2D eigenvalue weighted by atomic mass is 9.95. The van der Waals surface area contributed by atoms with Crippen LogP contribution in [0.5, 0.6) is 5.75 Å². The van der Waals surface area contributed by atoms with Gasteiger partial charge < -0.3 is 10.4 Å². The molecule has 2 aromatic rings. The summed E-state index contributed by atoms with van der Waals surface area (Å²) in [6.45, 7) is 9.54. The quantitative estimate of drug-likeness (QED) is 0.657. The molecule has 1 aliphatic carbocycles. The molecule has 30 heavy (non-hydrogen) atoms. The van der Waals surface area contributed by atoms with E-state index in [4.69, 9.17) is 0 Å². The first-order chi connectivity index (χ1) is 14.0. The molecule has 0 aliphatic heterocycles. The second-order valence-electron chi connectivity index (χ2n) is 8.19. The second kappa shape index (κ2) is 8.40. The summed E-state index contributed by atoms with van der Waals surface area (Å²) >= 11 is 0. The predicted octanol–water partition coefficient (Wildman–Crippen LogP) is 2.89. The van der Waals surface area contributed by atoms with Crippen molar-refractivity contribution in [2.45, 2.75) is 64.8 Å². The monoisotopic (exact) mass is 430 g/mol. The maximum absolute atomic E-state index is 12.9. The Balaban J connectivity index is 1.60. The van der Waals surface area contributed by atoms with Gasteiger partial charge in [-0.15, -0.1) is 0 Å². The smallest absolute Gasteiger partial charge is 0.241 e. The second-order valence-corrected chi connectivity index (χ2v) is 9.89. The van der Waals surface area contributed by atoms with Crippen LogP contribution in [0.1, 0.15) is 45.4 Å². The summed E-state index contributed by atoms with van der Waals surface area (Å²) < 4.78 is 28.4. The van der Waals surface area contributed by atoms with Crippen LogP contribution >= 0.6 is 0 Å². The molecule has 2 aromatic carbocycles. The highest BCUT2D eigenvalue weighted by atomic mass is 32.2.